The quantitative estimate of drug-likeness (QED) is 0.767. The Hall–Kier alpha value is -1.96. The van der Waals surface area contributed by atoms with Crippen molar-refractivity contribution in [3.05, 3.63) is 45.4 Å². The number of halogens is 1. The largest absolute Gasteiger partial charge is 0.352 e. The summed E-state index contributed by atoms with van der Waals surface area (Å²) >= 11 is 1.35. The molecule has 4 N–H and O–H groups in total. The maximum absolute atomic E-state index is 12.2. The second-order valence-corrected chi connectivity index (χ2v) is 5.62. The molecule has 1 heterocycles. The molecule has 0 spiro atoms. The highest BCUT2D eigenvalue weighted by Gasteiger charge is 2.13. The molecule has 8 heteroatoms. The summed E-state index contributed by atoms with van der Waals surface area (Å²) in [6.07, 6.45) is 0. The minimum absolute atomic E-state index is 0. The number of aryl methyl sites for hydroxylation is 1. The van der Waals surface area contributed by atoms with Crippen LogP contribution in [0.5, 0.6) is 0 Å². The second kappa shape index (κ2) is 8.61. The molecule has 0 aliphatic heterocycles. The first-order valence-electron chi connectivity index (χ1n) is 6.89. The summed E-state index contributed by atoms with van der Waals surface area (Å²) in [5.74, 6) is -0.482. The molecule has 0 atom stereocenters. The molecule has 2 rings (SSSR count). The summed E-state index contributed by atoms with van der Waals surface area (Å²) in [6, 6.07) is 5.19. The summed E-state index contributed by atoms with van der Waals surface area (Å²) in [5.41, 5.74) is 7.79. The Balaban J connectivity index is 0.00000264. The molecule has 0 saturated carbocycles. The van der Waals surface area contributed by atoms with Gasteiger partial charge in [0.2, 0.25) is 0 Å². The number of amides is 2. The van der Waals surface area contributed by atoms with Crippen molar-refractivity contribution >= 4 is 41.2 Å². The van der Waals surface area contributed by atoms with E-state index in [-0.39, 0.29) is 24.2 Å². The van der Waals surface area contributed by atoms with E-state index in [0.717, 1.165) is 5.56 Å². The lowest BCUT2D eigenvalue weighted by molar-refractivity contribution is 0.0954. The van der Waals surface area contributed by atoms with Gasteiger partial charge in [0.1, 0.15) is 10.7 Å². The number of nitrogens with two attached hydrogens (primary N) is 1. The molecule has 2 aromatic rings. The minimum atomic E-state index is -0.313. The molecule has 0 radical (unpaired) electrons. The van der Waals surface area contributed by atoms with E-state index in [1.807, 2.05) is 13.8 Å². The van der Waals surface area contributed by atoms with Crippen LogP contribution in [0.2, 0.25) is 0 Å². The van der Waals surface area contributed by atoms with E-state index < -0.39 is 0 Å². The minimum Gasteiger partial charge on any atom is -0.352 e. The molecule has 6 nitrogen and oxygen atoms in total. The summed E-state index contributed by atoms with van der Waals surface area (Å²) in [7, 11) is 0. The molecule has 1 aromatic heterocycles. The molecular weight excluding hydrogens is 336 g/mol. The number of hydrogen-bond donors (Lipinski definition) is 3. The van der Waals surface area contributed by atoms with E-state index in [0.29, 0.717) is 35.0 Å². The topological polar surface area (TPSA) is 97.1 Å². The van der Waals surface area contributed by atoms with E-state index in [1.165, 1.54) is 11.3 Å². The van der Waals surface area contributed by atoms with Crippen LogP contribution < -0.4 is 16.4 Å². The highest BCUT2D eigenvalue weighted by Crippen LogP contribution is 2.18. The van der Waals surface area contributed by atoms with Crippen molar-refractivity contribution in [3.8, 4) is 0 Å². The molecule has 0 bridgehead atoms. The van der Waals surface area contributed by atoms with Gasteiger partial charge in [-0.15, -0.1) is 23.7 Å². The van der Waals surface area contributed by atoms with E-state index in [4.69, 9.17) is 5.73 Å². The second-order valence-electron chi connectivity index (χ2n) is 4.67. The highest BCUT2D eigenvalue weighted by molar-refractivity contribution is 7.09. The number of aromatic nitrogens is 1. The van der Waals surface area contributed by atoms with Crippen LogP contribution in [0.25, 0.3) is 0 Å². The van der Waals surface area contributed by atoms with Gasteiger partial charge < -0.3 is 16.4 Å². The Morgan fingerprint density at radius 3 is 2.65 bits per heavy atom. The molecule has 0 saturated heterocycles. The fraction of sp³-hybridized carbons (Fsp3) is 0.267. The third-order valence-corrected chi connectivity index (χ3v) is 3.92. The van der Waals surface area contributed by atoms with Gasteiger partial charge in [0.25, 0.3) is 11.8 Å². The average Bonchev–Trinajstić information content (AvgIpc) is 2.98. The summed E-state index contributed by atoms with van der Waals surface area (Å²) in [5, 5.41) is 7.89. The molecule has 0 aliphatic carbocycles. The number of benzene rings is 1. The Bertz CT molecular complexity index is 703. The zero-order chi connectivity index (χ0) is 16.1. The zero-order valence-corrected chi connectivity index (χ0v) is 14.5. The number of nitrogens with zero attached hydrogens (tertiary/aromatic N) is 1. The summed E-state index contributed by atoms with van der Waals surface area (Å²) in [4.78, 5) is 28.2. The third-order valence-electron chi connectivity index (χ3n) is 3.04. The SMILES string of the molecule is CCNC(=O)c1ccc(C)c(NC(=O)c2csc(CN)n2)c1.Cl. The van der Waals surface area contributed by atoms with E-state index in [1.54, 1.807) is 23.6 Å². The first-order valence-corrected chi connectivity index (χ1v) is 7.77. The molecule has 0 fully saturated rings. The smallest absolute Gasteiger partial charge is 0.275 e. The molecule has 0 unspecified atom stereocenters. The number of carbonyl (C=O) groups excluding carboxylic acids is 2. The lowest BCUT2D eigenvalue weighted by atomic mass is 10.1. The van der Waals surface area contributed by atoms with Gasteiger partial charge in [-0.25, -0.2) is 4.98 Å². The van der Waals surface area contributed by atoms with E-state index in [2.05, 4.69) is 15.6 Å². The summed E-state index contributed by atoms with van der Waals surface area (Å²) in [6.45, 7) is 4.58. The Morgan fingerprint density at radius 2 is 2.04 bits per heavy atom. The van der Waals surface area contributed by atoms with Crippen LogP contribution in [0.1, 0.15) is 38.3 Å². The zero-order valence-electron chi connectivity index (χ0n) is 12.9. The van der Waals surface area contributed by atoms with Gasteiger partial charge in [-0.2, -0.15) is 0 Å². The average molecular weight is 355 g/mol. The van der Waals surface area contributed by atoms with Crippen molar-refractivity contribution in [2.45, 2.75) is 20.4 Å². The third kappa shape index (κ3) is 4.75. The molecule has 124 valence electrons. The van der Waals surface area contributed by atoms with Crippen LogP contribution in [0.3, 0.4) is 0 Å². The van der Waals surface area contributed by atoms with Gasteiger partial charge in [0.05, 0.1) is 0 Å². The van der Waals surface area contributed by atoms with Gasteiger partial charge in [-0.3, -0.25) is 9.59 Å². The first kappa shape index (κ1) is 19.1. The van der Waals surface area contributed by atoms with Crippen LogP contribution in [-0.2, 0) is 6.54 Å². The number of thiazole rings is 1. The summed E-state index contributed by atoms with van der Waals surface area (Å²) < 4.78 is 0. The maximum Gasteiger partial charge on any atom is 0.275 e. The van der Waals surface area contributed by atoms with Crippen molar-refractivity contribution in [2.75, 3.05) is 11.9 Å². The van der Waals surface area contributed by atoms with Crippen LogP contribution >= 0.6 is 23.7 Å². The lowest BCUT2D eigenvalue weighted by Crippen LogP contribution is -2.23. The fourth-order valence-corrected chi connectivity index (χ4v) is 2.51. The monoisotopic (exact) mass is 354 g/mol. The predicted molar refractivity (Wildman–Crippen MR) is 94.4 cm³/mol. The molecular formula is C15H19ClN4O2S. The van der Waals surface area contributed by atoms with Crippen LogP contribution in [0.4, 0.5) is 5.69 Å². The van der Waals surface area contributed by atoms with Crippen molar-refractivity contribution in [2.24, 2.45) is 5.73 Å². The van der Waals surface area contributed by atoms with Gasteiger partial charge in [-0.1, -0.05) is 6.07 Å². The van der Waals surface area contributed by atoms with Crippen LogP contribution in [0.15, 0.2) is 23.6 Å². The number of carbonyl (C=O) groups is 2. The van der Waals surface area contributed by atoms with Gasteiger partial charge >= 0.3 is 0 Å². The van der Waals surface area contributed by atoms with Crippen molar-refractivity contribution in [1.82, 2.24) is 10.3 Å². The first-order chi connectivity index (χ1) is 10.5. The number of rotatable bonds is 5. The van der Waals surface area contributed by atoms with Crippen molar-refractivity contribution in [3.63, 3.8) is 0 Å². The number of nitrogens with one attached hydrogen (secondary N) is 2. The lowest BCUT2D eigenvalue weighted by Gasteiger charge is -2.10. The van der Waals surface area contributed by atoms with Crippen LogP contribution in [0, 0.1) is 6.92 Å². The Labute approximate surface area is 144 Å². The number of anilines is 1. The van der Waals surface area contributed by atoms with Crippen molar-refractivity contribution in [1.29, 1.82) is 0 Å². The van der Waals surface area contributed by atoms with Crippen molar-refractivity contribution < 1.29 is 9.59 Å². The van der Waals surface area contributed by atoms with Gasteiger partial charge in [-0.05, 0) is 31.5 Å². The van der Waals surface area contributed by atoms with Gasteiger partial charge in [0.15, 0.2) is 0 Å². The van der Waals surface area contributed by atoms with E-state index >= 15 is 0 Å². The maximum atomic E-state index is 12.2. The highest BCUT2D eigenvalue weighted by atomic mass is 35.5. The van der Waals surface area contributed by atoms with Crippen LogP contribution in [-0.4, -0.2) is 23.3 Å². The molecule has 2 amide bonds. The fourth-order valence-electron chi connectivity index (χ4n) is 1.86. The molecule has 0 aliphatic rings. The molecule has 1 aromatic carbocycles. The molecule has 23 heavy (non-hydrogen) atoms. The number of hydrogen-bond acceptors (Lipinski definition) is 5. The standard InChI is InChI=1S/C15H18N4O2S.ClH/c1-3-17-14(20)10-5-4-9(2)11(6-10)19-15(21)12-8-22-13(7-16)18-12;/h4-6,8H,3,7,16H2,1-2H3,(H,17,20)(H,19,21);1H. The Morgan fingerprint density at radius 1 is 1.30 bits per heavy atom. The predicted octanol–water partition coefficient (Wildman–Crippen LogP) is 2.33. The normalized spacial score (nSPS) is 9.87. The van der Waals surface area contributed by atoms with Gasteiger partial charge in [0, 0.05) is 29.7 Å². The Kier molecular flexibility index (Phi) is 7.15. The van der Waals surface area contributed by atoms with E-state index in [9.17, 15) is 9.59 Å².